The van der Waals surface area contributed by atoms with Gasteiger partial charge >= 0.3 is 5.97 Å². The Labute approximate surface area is 65.5 Å². The Hall–Kier alpha value is -0.610. The number of ether oxygens (including phenoxy) is 1. The van der Waals surface area contributed by atoms with Crippen LogP contribution in [0.5, 0.6) is 0 Å². The number of aliphatic hydroxyl groups excluding tert-OH is 1. The molecule has 2 N–H and O–H groups in total. The summed E-state index contributed by atoms with van der Waals surface area (Å²) < 4.78 is 4.52. The van der Waals surface area contributed by atoms with Crippen molar-refractivity contribution in [3.8, 4) is 0 Å². The SMILES string of the molecule is COC(=O)C1CC(O)[C@@H](C)N1. The summed E-state index contributed by atoms with van der Waals surface area (Å²) in [6.07, 6.45) is 0.0208. The predicted octanol–water partition coefficient (Wildman–Crippen LogP) is -0.729. The van der Waals surface area contributed by atoms with Gasteiger partial charge in [-0.2, -0.15) is 0 Å². The smallest absolute Gasteiger partial charge is 0.322 e. The van der Waals surface area contributed by atoms with Gasteiger partial charge < -0.3 is 9.84 Å². The molecule has 0 amide bonds. The van der Waals surface area contributed by atoms with Gasteiger partial charge in [-0.1, -0.05) is 0 Å². The maximum atomic E-state index is 10.9. The Bertz CT molecular complexity index is 150. The summed E-state index contributed by atoms with van der Waals surface area (Å²) in [5, 5.41) is 12.2. The minimum absolute atomic E-state index is 0.0147. The monoisotopic (exact) mass is 159 g/mol. The Morgan fingerprint density at radius 2 is 2.36 bits per heavy atom. The maximum Gasteiger partial charge on any atom is 0.322 e. The Morgan fingerprint density at radius 3 is 2.73 bits per heavy atom. The summed E-state index contributed by atoms with van der Waals surface area (Å²) >= 11 is 0. The molecule has 11 heavy (non-hydrogen) atoms. The van der Waals surface area contributed by atoms with Crippen molar-refractivity contribution in [1.29, 1.82) is 0 Å². The maximum absolute atomic E-state index is 10.9. The summed E-state index contributed by atoms with van der Waals surface area (Å²) in [5.41, 5.74) is 0. The molecule has 1 saturated heterocycles. The molecule has 4 nitrogen and oxygen atoms in total. The molecule has 1 rings (SSSR count). The fraction of sp³-hybridized carbons (Fsp3) is 0.857. The molecule has 1 aliphatic heterocycles. The van der Waals surface area contributed by atoms with Crippen molar-refractivity contribution in [3.63, 3.8) is 0 Å². The van der Waals surface area contributed by atoms with E-state index in [-0.39, 0.29) is 18.1 Å². The number of methoxy groups -OCH3 is 1. The standard InChI is InChI=1S/C7H13NO3/c1-4-6(9)3-5(8-4)7(10)11-2/h4-6,8-9H,3H2,1-2H3/t4-,5?,6?/m1/s1. The van der Waals surface area contributed by atoms with E-state index in [2.05, 4.69) is 10.1 Å². The van der Waals surface area contributed by atoms with Crippen molar-refractivity contribution in [2.24, 2.45) is 0 Å². The molecule has 4 heteroatoms. The Morgan fingerprint density at radius 1 is 1.73 bits per heavy atom. The lowest BCUT2D eigenvalue weighted by atomic mass is 10.1. The number of aliphatic hydroxyl groups is 1. The third-order valence-electron chi connectivity index (χ3n) is 2.00. The first kappa shape index (κ1) is 8.49. The van der Waals surface area contributed by atoms with Gasteiger partial charge in [-0.05, 0) is 6.92 Å². The zero-order chi connectivity index (χ0) is 8.43. The first-order valence-electron chi connectivity index (χ1n) is 3.67. The molecule has 0 saturated carbocycles. The highest BCUT2D eigenvalue weighted by Gasteiger charge is 2.33. The van der Waals surface area contributed by atoms with Crippen LogP contribution in [-0.4, -0.2) is 36.4 Å². The van der Waals surface area contributed by atoms with Crippen molar-refractivity contribution in [2.45, 2.75) is 31.5 Å². The van der Waals surface area contributed by atoms with Crippen LogP contribution in [0.1, 0.15) is 13.3 Å². The average Bonchev–Trinajstić information content (AvgIpc) is 2.31. The van der Waals surface area contributed by atoms with Crippen molar-refractivity contribution in [2.75, 3.05) is 7.11 Å². The molecule has 0 spiro atoms. The van der Waals surface area contributed by atoms with Gasteiger partial charge in [0.2, 0.25) is 0 Å². The van der Waals surface area contributed by atoms with E-state index in [4.69, 9.17) is 0 Å². The van der Waals surface area contributed by atoms with Gasteiger partial charge in [-0.15, -0.1) is 0 Å². The van der Waals surface area contributed by atoms with Crippen LogP contribution in [0.3, 0.4) is 0 Å². The number of rotatable bonds is 1. The molecule has 0 bridgehead atoms. The van der Waals surface area contributed by atoms with Crippen LogP contribution < -0.4 is 5.32 Å². The van der Waals surface area contributed by atoms with Gasteiger partial charge in [0.1, 0.15) is 6.04 Å². The molecular weight excluding hydrogens is 146 g/mol. The Kier molecular flexibility index (Phi) is 2.46. The molecule has 1 aliphatic rings. The quantitative estimate of drug-likeness (QED) is 0.495. The average molecular weight is 159 g/mol. The van der Waals surface area contributed by atoms with E-state index in [0.29, 0.717) is 6.42 Å². The van der Waals surface area contributed by atoms with Crippen LogP contribution in [0.2, 0.25) is 0 Å². The lowest BCUT2D eigenvalue weighted by Gasteiger charge is -2.07. The number of carbonyl (C=O) groups is 1. The van der Waals surface area contributed by atoms with Gasteiger partial charge in [0.15, 0.2) is 0 Å². The minimum atomic E-state index is -0.431. The molecule has 3 atom stereocenters. The van der Waals surface area contributed by atoms with Crippen LogP contribution in [0.25, 0.3) is 0 Å². The van der Waals surface area contributed by atoms with E-state index < -0.39 is 6.10 Å². The summed E-state index contributed by atoms with van der Waals surface area (Å²) in [4.78, 5) is 10.9. The molecule has 2 unspecified atom stereocenters. The first-order valence-corrected chi connectivity index (χ1v) is 3.67. The highest BCUT2D eigenvalue weighted by atomic mass is 16.5. The molecule has 1 heterocycles. The summed E-state index contributed by atoms with van der Waals surface area (Å²) in [7, 11) is 1.35. The van der Waals surface area contributed by atoms with E-state index in [1.807, 2.05) is 6.92 Å². The normalized spacial score (nSPS) is 37.2. The second-order valence-electron chi connectivity index (χ2n) is 2.83. The Balaban J connectivity index is 2.46. The molecule has 0 aromatic heterocycles. The van der Waals surface area contributed by atoms with E-state index in [0.717, 1.165) is 0 Å². The first-order chi connectivity index (χ1) is 5.15. The summed E-state index contributed by atoms with van der Waals surface area (Å²) in [6.45, 7) is 1.84. The second kappa shape index (κ2) is 3.19. The van der Waals surface area contributed by atoms with Gasteiger partial charge in [0.25, 0.3) is 0 Å². The van der Waals surface area contributed by atoms with E-state index in [1.54, 1.807) is 0 Å². The van der Waals surface area contributed by atoms with E-state index in [1.165, 1.54) is 7.11 Å². The number of nitrogens with one attached hydrogen (secondary N) is 1. The van der Waals surface area contributed by atoms with Gasteiger partial charge in [-0.3, -0.25) is 10.1 Å². The second-order valence-corrected chi connectivity index (χ2v) is 2.83. The van der Waals surface area contributed by atoms with Crippen LogP contribution >= 0.6 is 0 Å². The highest BCUT2D eigenvalue weighted by Crippen LogP contribution is 2.13. The molecule has 64 valence electrons. The van der Waals surface area contributed by atoms with Crippen molar-refractivity contribution in [3.05, 3.63) is 0 Å². The molecule has 1 fully saturated rings. The van der Waals surface area contributed by atoms with Crippen molar-refractivity contribution < 1.29 is 14.6 Å². The topological polar surface area (TPSA) is 58.6 Å². The number of carbonyl (C=O) groups excluding carboxylic acids is 1. The fourth-order valence-corrected chi connectivity index (χ4v) is 1.25. The lowest BCUT2D eigenvalue weighted by Crippen LogP contribution is -2.35. The van der Waals surface area contributed by atoms with Crippen molar-refractivity contribution >= 4 is 5.97 Å². The van der Waals surface area contributed by atoms with E-state index >= 15 is 0 Å². The number of esters is 1. The van der Waals surface area contributed by atoms with E-state index in [9.17, 15) is 9.90 Å². The molecule has 0 aromatic rings. The van der Waals surface area contributed by atoms with Crippen LogP contribution in [-0.2, 0) is 9.53 Å². The van der Waals surface area contributed by atoms with Gasteiger partial charge in [0.05, 0.1) is 13.2 Å². The van der Waals surface area contributed by atoms with Crippen LogP contribution in [0, 0.1) is 0 Å². The van der Waals surface area contributed by atoms with Crippen LogP contribution in [0.4, 0.5) is 0 Å². The number of hydrogen-bond acceptors (Lipinski definition) is 4. The van der Waals surface area contributed by atoms with Crippen molar-refractivity contribution in [1.82, 2.24) is 5.32 Å². The summed E-state index contributed by atoms with van der Waals surface area (Å²) in [6, 6.07) is -0.343. The largest absolute Gasteiger partial charge is 0.468 e. The van der Waals surface area contributed by atoms with Gasteiger partial charge in [0, 0.05) is 12.5 Å². The van der Waals surface area contributed by atoms with Gasteiger partial charge in [-0.25, -0.2) is 0 Å². The lowest BCUT2D eigenvalue weighted by molar-refractivity contribution is -0.142. The molecular formula is C7H13NO3. The zero-order valence-electron chi connectivity index (χ0n) is 6.70. The zero-order valence-corrected chi connectivity index (χ0v) is 6.70. The fourth-order valence-electron chi connectivity index (χ4n) is 1.25. The third-order valence-corrected chi connectivity index (χ3v) is 2.00. The molecule has 0 radical (unpaired) electrons. The third kappa shape index (κ3) is 1.70. The minimum Gasteiger partial charge on any atom is -0.468 e. The highest BCUT2D eigenvalue weighted by molar-refractivity contribution is 5.76. The molecule has 0 aliphatic carbocycles. The predicted molar refractivity (Wildman–Crippen MR) is 39.0 cm³/mol. The summed E-state index contributed by atoms with van der Waals surface area (Å²) in [5.74, 6) is -0.298. The van der Waals surface area contributed by atoms with Crippen LogP contribution in [0.15, 0.2) is 0 Å². The molecule has 0 aromatic carbocycles. The number of hydrogen-bond donors (Lipinski definition) is 2.